The molecule has 0 amide bonds. The summed E-state index contributed by atoms with van der Waals surface area (Å²) >= 11 is 0. The first-order valence-corrected chi connectivity index (χ1v) is 6.72. The Hall–Kier alpha value is -1.81. The minimum absolute atomic E-state index is 0.226. The van der Waals surface area contributed by atoms with Crippen molar-refractivity contribution >= 4 is 16.9 Å². The van der Waals surface area contributed by atoms with E-state index in [1.165, 1.54) is 25.7 Å². The number of fused-ring (bicyclic) bond motifs is 1. The largest absolute Gasteiger partial charge is 0.478 e. The fourth-order valence-electron chi connectivity index (χ4n) is 2.75. The van der Waals surface area contributed by atoms with Crippen LogP contribution in [0.4, 0.5) is 0 Å². The second-order valence-corrected chi connectivity index (χ2v) is 5.10. The van der Waals surface area contributed by atoms with E-state index in [9.17, 15) is 4.79 Å². The average molecular weight is 259 g/mol. The van der Waals surface area contributed by atoms with E-state index in [0.29, 0.717) is 18.2 Å². The van der Waals surface area contributed by atoms with Crippen LogP contribution in [-0.4, -0.2) is 17.1 Å². The second-order valence-electron chi connectivity index (χ2n) is 5.10. The zero-order valence-corrected chi connectivity index (χ0v) is 10.7. The summed E-state index contributed by atoms with van der Waals surface area (Å²) in [6.07, 6.45) is 5.03. The van der Waals surface area contributed by atoms with Crippen molar-refractivity contribution in [2.75, 3.05) is 0 Å². The van der Waals surface area contributed by atoms with E-state index < -0.39 is 5.97 Å². The average Bonchev–Trinajstić information content (AvgIpc) is 3.04. The number of hydrogen-bond donors (Lipinski definition) is 2. The zero-order chi connectivity index (χ0) is 13.2. The molecule has 1 aromatic carbocycles. The highest BCUT2D eigenvalue weighted by atomic mass is 16.4. The molecule has 0 radical (unpaired) electrons. The maximum absolute atomic E-state index is 11.1. The summed E-state index contributed by atoms with van der Waals surface area (Å²) < 4.78 is 5.68. The van der Waals surface area contributed by atoms with Crippen molar-refractivity contribution in [3.05, 3.63) is 35.6 Å². The Balaban J connectivity index is 1.80. The lowest BCUT2D eigenvalue weighted by atomic mass is 10.1. The van der Waals surface area contributed by atoms with Crippen molar-refractivity contribution in [3.8, 4) is 0 Å². The van der Waals surface area contributed by atoms with Gasteiger partial charge in [-0.25, -0.2) is 4.79 Å². The van der Waals surface area contributed by atoms with Gasteiger partial charge in [-0.2, -0.15) is 0 Å². The zero-order valence-electron chi connectivity index (χ0n) is 10.7. The predicted octanol–water partition coefficient (Wildman–Crippen LogP) is 3.16. The molecule has 0 spiro atoms. The molecule has 0 unspecified atom stereocenters. The van der Waals surface area contributed by atoms with Crippen LogP contribution >= 0.6 is 0 Å². The molecule has 1 heterocycles. The first-order valence-electron chi connectivity index (χ1n) is 6.72. The Labute approximate surface area is 111 Å². The van der Waals surface area contributed by atoms with Gasteiger partial charge in [-0.1, -0.05) is 25.0 Å². The fourth-order valence-corrected chi connectivity index (χ4v) is 2.75. The number of carboxylic acids is 1. The summed E-state index contributed by atoms with van der Waals surface area (Å²) in [4.78, 5) is 11.1. The molecule has 2 N–H and O–H groups in total. The smallest absolute Gasteiger partial charge is 0.339 e. The van der Waals surface area contributed by atoms with Crippen LogP contribution in [0, 0.1) is 0 Å². The lowest BCUT2D eigenvalue weighted by Crippen LogP contribution is -2.24. The maximum Gasteiger partial charge on any atom is 0.339 e. The summed E-state index contributed by atoms with van der Waals surface area (Å²) in [5.74, 6) is -0.147. The molecule has 4 heteroatoms. The number of hydrogen-bond acceptors (Lipinski definition) is 3. The highest BCUT2D eigenvalue weighted by molar-refractivity contribution is 6.01. The molecule has 2 aromatic rings. The number of nitrogens with one attached hydrogen (secondary N) is 1. The fraction of sp³-hybridized carbons (Fsp3) is 0.400. The molecule has 1 aromatic heterocycles. The molecule has 3 rings (SSSR count). The first kappa shape index (κ1) is 12.2. The third kappa shape index (κ3) is 2.49. The van der Waals surface area contributed by atoms with E-state index in [4.69, 9.17) is 9.52 Å². The number of carbonyl (C=O) groups is 1. The van der Waals surface area contributed by atoms with E-state index >= 15 is 0 Å². The van der Waals surface area contributed by atoms with Crippen molar-refractivity contribution in [2.45, 2.75) is 38.3 Å². The Morgan fingerprint density at radius 1 is 1.37 bits per heavy atom. The summed E-state index contributed by atoms with van der Waals surface area (Å²) in [7, 11) is 0. The Morgan fingerprint density at radius 3 is 2.89 bits per heavy atom. The predicted molar refractivity (Wildman–Crippen MR) is 72.3 cm³/mol. The van der Waals surface area contributed by atoms with Crippen molar-refractivity contribution in [3.63, 3.8) is 0 Å². The van der Waals surface area contributed by atoms with Crippen LogP contribution in [0.1, 0.15) is 41.8 Å². The minimum Gasteiger partial charge on any atom is -0.478 e. The van der Waals surface area contributed by atoms with Crippen molar-refractivity contribution in [1.29, 1.82) is 0 Å². The number of furan rings is 1. The van der Waals surface area contributed by atoms with Crippen LogP contribution in [0.15, 0.2) is 28.7 Å². The molecule has 19 heavy (non-hydrogen) atoms. The molecule has 1 fully saturated rings. The molecule has 0 atom stereocenters. The summed E-state index contributed by atoms with van der Waals surface area (Å²) in [6, 6.07) is 7.69. The van der Waals surface area contributed by atoms with Gasteiger partial charge in [0.15, 0.2) is 0 Å². The molecule has 4 nitrogen and oxygen atoms in total. The van der Waals surface area contributed by atoms with Gasteiger partial charge in [-0.3, -0.25) is 0 Å². The number of para-hydroxylation sites is 1. The number of aromatic carboxylic acids is 1. The van der Waals surface area contributed by atoms with E-state index in [1.807, 2.05) is 12.1 Å². The van der Waals surface area contributed by atoms with Crippen LogP contribution in [0.3, 0.4) is 0 Å². The van der Waals surface area contributed by atoms with Crippen LogP contribution in [-0.2, 0) is 6.54 Å². The number of benzene rings is 1. The summed E-state index contributed by atoms with van der Waals surface area (Å²) in [5, 5.41) is 13.4. The first-order chi connectivity index (χ1) is 9.24. The van der Waals surface area contributed by atoms with Crippen molar-refractivity contribution in [2.24, 2.45) is 0 Å². The topological polar surface area (TPSA) is 62.5 Å². The summed E-state index contributed by atoms with van der Waals surface area (Å²) in [6.45, 7) is 0.665. The normalized spacial score (nSPS) is 16.2. The van der Waals surface area contributed by atoms with Gasteiger partial charge in [-0.05, 0) is 25.0 Å². The van der Waals surface area contributed by atoms with Crippen LogP contribution < -0.4 is 5.32 Å². The molecular formula is C15H17NO3. The van der Waals surface area contributed by atoms with Crippen molar-refractivity contribution in [1.82, 2.24) is 5.32 Å². The molecule has 1 saturated carbocycles. The Morgan fingerprint density at radius 2 is 2.16 bits per heavy atom. The Bertz CT molecular complexity index is 596. The van der Waals surface area contributed by atoms with Gasteiger partial charge in [0.05, 0.1) is 6.54 Å². The lowest BCUT2D eigenvalue weighted by Gasteiger charge is -2.09. The van der Waals surface area contributed by atoms with Crippen LogP contribution in [0.2, 0.25) is 0 Å². The molecule has 100 valence electrons. The quantitative estimate of drug-likeness (QED) is 0.885. The summed E-state index contributed by atoms with van der Waals surface area (Å²) in [5.41, 5.74) is 0.697. The highest BCUT2D eigenvalue weighted by Crippen LogP contribution is 2.24. The highest BCUT2D eigenvalue weighted by Gasteiger charge is 2.16. The standard InChI is InChI=1S/C15H17NO3/c17-15(18)13-7-3-4-10-8-12(19-14(10)13)9-16-11-5-1-2-6-11/h3-4,7-8,11,16H,1-2,5-6,9H2,(H,17,18). The maximum atomic E-state index is 11.1. The van der Waals surface area contributed by atoms with Crippen LogP contribution in [0.25, 0.3) is 11.0 Å². The third-order valence-corrected chi connectivity index (χ3v) is 3.75. The monoisotopic (exact) mass is 259 g/mol. The van der Waals surface area contributed by atoms with Gasteiger partial charge in [-0.15, -0.1) is 0 Å². The molecule has 1 aliphatic carbocycles. The van der Waals surface area contributed by atoms with Gasteiger partial charge in [0.25, 0.3) is 0 Å². The molecular weight excluding hydrogens is 242 g/mol. The van der Waals surface area contributed by atoms with Crippen molar-refractivity contribution < 1.29 is 14.3 Å². The van der Waals surface area contributed by atoms with E-state index in [-0.39, 0.29) is 5.56 Å². The molecule has 0 saturated heterocycles. The molecule has 1 aliphatic rings. The lowest BCUT2D eigenvalue weighted by molar-refractivity contribution is 0.0698. The second kappa shape index (κ2) is 5.05. The van der Waals surface area contributed by atoms with Gasteiger partial charge in [0, 0.05) is 11.4 Å². The van der Waals surface area contributed by atoms with Gasteiger partial charge in [0.1, 0.15) is 16.9 Å². The van der Waals surface area contributed by atoms with E-state index in [0.717, 1.165) is 11.1 Å². The Kier molecular flexibility index (Phi) is 3.25. The van der Waals surface area contributed by atoms with E-state index in [2.05, 4.69) is 5.32 Å². The van der Waals surface area contributed by atoms with E-state index in [1.54, 1.807) is 12.1 Å². The molecule has 0 bridgehead atoms. The van der Waals surface area contributed by atoms with Crippen LogP contribution in [0.5, 0.6) is 0 Å². The van der Waals surface area contributed by atoms with Gasteiger partial charge < -0.3 is 14.8 Å². The minimum atomic E-state index is -0.949. The number of rotatable bonds is 4. The third-order valence-electron chi connectivity index (χ3n) is 3.75. The SMILES string of the molecule is O=C(O)c1cccc2cc(CNC3CCCC3)oc12. The van der Waals surface area contributed by atoms with Gasteiger partial charge >= 0.3 is 5.97 Å². The van der Waals surface area contributed by atoms with Gasteiger partial charge in [0.2, 0.25) is 0 Å². The molecule has 0 aliphatic heterocycles. The number of carboxylic acid groups (broad SMARTS) is 1.